The fraction of sp³-hybridized carbons (Fsp3) is 0.387. The first-order valence-electron chi connectivity index (χ1n) is 13.1. The average Bonchev–Trinajstić information content (AvgIpc) is 3.24. The minimum absolute atomic E-state index is 0.178. The number of rotatable bonds is 5. The number of nitrogens with zero attached hydrogens (tertiary/aromatic N) is 2. The number of hydrogen-bond acceptors (Lipinski definition) is 4. The highest BCUT2D eigenvalue weighted by Gasteiger charge is 2.35. The molecule has 0 radical (unpaired) electrons. The van der Waals surface area contributed by atoms with Gasteiger partial charge in [0.15, 0.2) is 0 Å². The molecule has 0 spiro atoms. The fourth-order valence-electron chi connectivity index (χ4n) is 5.83. The van der Waals surface area contributed by atoms with Crippen LogP contribution in [-0.2, 0) is 24.3 Å². The highest BCUT2D eigenvalue weighted by molar-refractivity contribution is 5.79. The second-order valence-corrected chi connectivity index (χ2v) is 10.2. The Hall–Kier alpha value is -3.31. The lowest BCUT2D eigenvalue weighted by atomic mass is 10.1. The summed E-state index contributed by atoms with van der Waals surface area (Å²) in [6, 6.07) is 26.1. The topological polar surface area (TPSA) is 44.8 Å². The zero-order chi connectivity index (χ0) is 24.9. The van der Waals surface area contributed by atoms with Gasteiger partial charge in [-0.2, -0.15) is 0 Å². The van der Waals surface area contributed by atoms with E-state index in [1.807, 2.05) is 19.1 Å². The molecule has 2 aliphatic rings. The Morgan fingerprint density at radius 3 is 2.53 bits per heavy atom. The number of carbonyl (C=O) groups excluding carboxylic acids is 1. The molecular weight excluding hydrogens is 446 g/mol. The summed E-state index contributed by atoms with van der Waals surface area (Å²) in [6.07, 6.45) is 3.82. The number of fused-ring (bicyclic) bond motifs is 3. The fourth-order valence-corrected chi connectivity index (χ4v) is 5.83. The molecule has 1 N–H and O–H groups in total. The Labute approximate surface area is 215 Å². The third-order valence-corrected chi connectivity index (χ3v) is 7.75. The van der Waals surface area contributed by atoms with E-state index in [1.165, 1.54) is 17.5 Å². The summed E-state index contributed by atoms with van der Waals surface area (Å²) in [5.41, 5.74) is 5.76. The Bertz CT molecular complexity index is 1180. The molecule has 0 unspecified atom stereocenters. The predicted molar refractivity (Wildman–Crippen MR) is 145 cm³/mol. The first kappa shape index (κ1) is 24.4. The lowest BCUT2D eigenvalue weighted by molar-refractivity contribution is -0.132. The van der Waals surface area contributed by atoms with E-state index < -0.39 is 0 Å². The van der Waals surface area contributed by atoms with Gasteiger partial charge in [-0.3, -0.25) is 9.69 Å². The second kappa shape index (κ2) is 11.2. The van der Waals surface area contributed by atoms with Crippen LogP contribution >= 0.6 is 0 Å². The van der Waals surface area contributed by atoms with Gasteiger partial charge in [-0.05, 0) is 60.6 Å². The SMILES string of the molecule is COc1ccc(CC(=O)N2Cc3ccccc3NCC[C@@H]3CC[C@H](C2)N3Cc2ccccc2)cc1C. The van der Waals surface area contributed by atoms with Gasteiger partial charge < -0.3 is 15.0 Å². The minimum Gasteiger partial charge on any atom is -0.496 e. The minimum atomic E-state index is 0.178. The molecule has 36 heavy (non-hydrogen) atoms. The summed E-state index contributed by atoms with van der Waals surface area (Å²) in [5, 5.41) is 3.68. The first-order valence-corrected chi connectivity index (χ1v) is 13.1. The summed E-state index contributed by atoms with van der Waals surface area (Å²) in [7, 11) is 1.68. The monoisotopic (exact) mass is 483 g/mol. The molecule has 1 saturated heterocycles. The molecule has 1 fully saturated rings. The summed E-state index contributed by atoms with van der Waals surface area (Å²) >= 11 is 0. The Morgan fingerprint density at radius 1 is 0.944 bits per heavy atom. The van der Waals surface area contributed by atoms with Crippen molar-refractivity contribution in [3.05, 3.63) is 95.1 Å². The first-order chi connectivity index (χ1) is 17.6. The molecule has 0 aromatic heterocycles. The number of aryl methyl sites for hydroxylation is 1. The van der Waals surface area contributed by atoms with Crippen LogP contribution in [0.25, 0.3) is 0 Å². The number of anilines is 1. The third kappa shape index (κ3) is 5.57. The van der Waals surface area contributed by atoms with Crippen molar-refractivity contribution in [3.8, 4) is 5.75 Å². The molecule has 5 heteroatoms. The van der Waals surface area contributed by atoms with Gasteiger partial charge in [0.05, 0.1) is 13.5 Å². The molecule has 5 rings (SSSR count). The maximum atomic E-state index is 13.8. The van der Waals surface area contributed by atoms with E-state index in [0.29, 0.717) is 25.0 Å². The van der Waals surface area contributed by atoms with E-state index in [1.54, 1.807) is 7.11 Å². The molecule has 3 aromatic rings. The van der Waals surface area contributed by atoms with E-state index in [-0.39, 0.29) is 5.91 Å². The lowest BCUT2D eigenvalue weighted by Crippen LogP contribution is -2.45. The van der Waals surface area contributed by atoms with Gasteiger partial charge in [-0.15, -0.1) is 0 Å². The number of para-hydroxylation sites is 1. The van der Waals surface area contributed by atoms with Gasteiger partial charge in [0.1, 0.15) is 5.75 Å². The van der Waals surface area contributed by atoms with Crippen molar-refractivity contribution in [2.24, 2.45) is 0 Å². The molecule has 2 aliphatic heterocycles. The van der Waals surface area contributed by atoms with E-state index in [2.05, 4.69) is 75.8 Å². The van der Waals surface area contributed by atoms with Gasteiger partial charge in [0.2, 0.25) is 5.91 Å². The lowest BCUT2D eigenvalue weighted by Gasteiger charge is -2.34. The Balaban J connectivity index is 1.42. The number of carbonyl (C=O) groups is 1. The Morgan fingerprint density at radius 2 is 1.72 bits per heavy atom. The summed E-state index contributed by atoms with van der Waals surface area (Å²) in [4.78, 5) is 18.5. The third-order valence-electron chi connectivity index (χ3n) is 7.75. The van der Waals surface area contributed by atoms with Gasteiger partial charge in [-0.25, -0.2) is 0 Å². The largest absolute Gasteiger partial charge is 0.496 e. The molecule has 2 bridgehead atoms. The van der Waals surface area contributed by atoms with E-state index in [4.69, 9.17) is 4.74 Å². The maximum Gasteiger partial charge on any atom is 0.227 e. The standard InChI is InChI=1S/C31H37N3O2/c1-23-18-25(12-15-30(23)36-2)19-31(35)33-21-26-10-6-7-11-29(26)32-17-16-27-13-14-28(22-33)34(27)20-24-8-4-3-5-9-24/h3-12,15,18,27-28,32H,13-14,16-17,19-22H2,1-2H3/t27-,28+/m0/s1. The number of ether oxygens (including phenoxy) is 1. The Kier molecular flexibility index (Phi) is 7.57. The van der Waals surface area contributed by atoms with Crippen molar-refractivity contribution in [1.29, 1.82) is 0 Å². The van der Waals surface area contributed by atoms with Crippen LogP contribution in [0.1, 0.15) is 41.5 Å². The maximum absolute atomic E-state index is 13.8. The molecule has 1 amide bonds. The number of benzene rings is 3. The van der Waals surface area contributed by atoms with Crippen LogP contribution in [0, 0.1) is 6.92 Å². The van der Waals surface area contributed by atoms with Crippen molar-refractivity contribution < 1.29 is 9.53 Å². The zero-order valence-corrected chi connectivity index (χ0v) is 21.5. The number of methoxy groups -OCH3 is 1. The van der Waals surface area contributed by atoms with Crippen LogP contribution in [-0.4, -0.2) is 48.0 Å². The second-order valence-electron chi connectivity index (χ2n) is 10.2. The normalized spacial score (nSPS) is 20.2. The van der Waals surface area contributed by atoms with E-state index in [9.17, 15) is 4.79 Å². The van der Waals surface area contributed by atoms with Gasteiger partial charge in [0.25, 0.3) is 0 Å². The van der Waals surface area contributed by atoms with Gasteiger partial charge in [0, 0.05) is 44.0 Å². The number of nitrogens with one attached hydrogen (secondary N) is 1. The van der Waals surface area contributed by atoms with E-state index >= 15 is 0 Å². The van der Waals surface area contributed by atoms with E-state index in [0.717, 1.165) is 55.0 Å². The van der Waals surface area contributed by atoms with Crippen LogP contribution in [0.4, 0.5) is 5.69 Å². The summed E-state index contributed by atoms with van der Waals surface area (Å²) < 4.78 is 5.41. The van der Waals surface area contributed by atoms with Crippen molar-refractivity contribution in [2.75, 3.05) is 25.5 Å². The highest BCUT2D eigenvalue weighted by atomic mass is 16.5. The van der Waals surface area contributed by atoms with Crippen LogP contribution in [0.2, 0.25) is 0 Å². The molecule has 0 saturated carbocycles. The molecule has 5 nitrogen and oxygen atoms in total. The van der Waals surface area contributed by atoms with Crippen molar-refractivity contribution in [2.45, 2.75) is 57.8 Å². The van der Waals surface area contributed by atoms with Crippen molar-refractivity contribution in [3.63, 3.8) is 0 Å². The van der Waals surface area contributed by atoms with Crippen molar-refractivity contribution >= 4 is 11.6 Å². The van der Waals surface area contributed by atoms with Crippen LogP contribution < -0.4 is 10.1 Å². The molecular formula is C31H37N3O2. The predicted octanol–water partition coefficient (Wildman–Crippen LogP) is 5.42. The molecule has 2 heterocycles. The smallest absolute Gasteiger partial charge is 0.227 e. The highest BCUT2D eigenvalue weighted by Crippen LogP contribution is 2.31. The van der Waals surface area contributed by atoms with Crippen molar-refractivity contribution in [1.82, 2.24) is 9.80 Å². The summed E-state index contributed by atoms with van der Waals surface area (Å²) in [5.74, 6) is 1.03. The molecule has 2 atom stereocenters. The number of amides is 1. The van der Waals surface area contributed by atoms with Gasteiger partial charge >= 0.3 is 0 Å². The summed E-state index contributed by atoms with van der Waals surface area (Å²) in [6.45, 7) is 5.28. The quantitative estimate of drug-likeness (QED) is 0.526. The molecule has 0 aliphatic carbocycles. The zero-order valence-electron chi connectivity index (χ0n) is 21.5. The molecule has 3 aromatic carbocycles. The molecule has 188 valence electrons. The van der Waals surface area contributed by atoms with Gasteiger partial charge in [-0.1, -0.05) is 60.7 Å². The van der Waals surface area contributed by atoms with Crippen LogP contribution in [0.5, 0.6) is 5.75 Å². The average molecular weight is 484 g/mol. The van der Waals surface area contributed by atoms with Crippen LogP contribution in [0.3, 0.4) is 0 Å². The van der Waals surface area contributed by atoms with Crippen LogP contribution in [0.15, 0.2) is 72.8 Å². The number of hydrogen-bond donors (Lipinski definition) is 1.